The molecule has 0 unspecified atom stereocenters. The van der Waals surface area contributed by atoms with Crippen LogP contribution in [0.15, 0.2) is 46.1 Å². The molecule has 1 amide bonds. The highest BCUT2D eigenvalue weighted by atomic mass is 32.2. The second-order valence-electron chi connectivity index (χ2n) is 6.11. The summed E-state index contributed by atoms with van der Waals surface area (Å²) < 4.78 is 45.8. The van der Waals surface area contributed by atoms with Gasteiger partial charge in [-0.1, -0.05) is 0 Å². The molecule has 0 bridgehead atoms. The second kappa shape index (κ2) is 6.97. The standard InChI is InChI=1S/C17H19FN2O4S/c1-12-10-14(18)2-3-16(12)25(22,23)19-15-4-7-20(8-5-15)17(21)13-6-9-24-11-13/h2-3,6,9-11,15,19H,4-5,7-8H2,1H3. The first-order valence-corrected chi connectivity index (χ1v) is 9.45. The normalized spacial score (nSPS) is 16.2. The van der Waals surface area contributed by atoms with Crippen LogP contribution in [-0.4, -0.2) is 38.4 Å². The van der Waals surface area contributed by atoms with E-state index in [4.69, 9.17) is 4.42 Å². The Hall–Kier alpha value is -2.19. The van der Waals surface area contributed by atoms with E-state index in [-0.39, 0.29) is 16.8 Å². The van der Waals surface area contributed by atoms with Crippen molar-refractivity contribution in [2.24, 2.45) is 0 Å². The molecule has 1 N–H and O–H groups in total. The molecular formula is C17H19FN2O4S. The number of halogens is 1. The molecule has 6 nitrogen and oxygen atoms in total. The number of nitrogens with zero attached hydrogens (tertiary/aromatic N) is 1. The molecule has 8 heteroatoms. The van der Waals surface area contributed by atoms with Gasteiger partial charge in [0.2, 0.25) is 10.0 Å². The van der Waals surface area contributed by atoms with E-state index in [1.165, 1.54) is 24.7 Å². The lowest BCUT2D eigenvalue weighted by Gasteiger charge is -2.32. The maximum atomic E-state index is 13.2. The topological polar surface area (TPSA) is 79.6 Å². The molecule has 134 valence electrons. The van der Waals surface area contributed by atoms with Crippen molar-refractivity contribution in [2.45, 2.75) is 30.7 Å². The minimum Gasteiger partial charge on any atom is -0.472 e. The first kappa shape index (κ1) is 17.6. The van der Waals surface area contributed by atoms with E-state index >= 15 is 0 Å². The van der Waals surface area contributed by atoms with Crippen LogP contribution in [0.5, 0.6) is 0 Å². The first-order chi connectivity index (χ1) is 11.9. The molecule has 1 aromatic carbocycles. The van der Waals surface area contributed by atoms with E-state index in [0.717, 1.165) is 6.07 Å². The fourth-order valence-corrected chi connectivity index (χ4v) is 4.50. The highest BCUT2D eigenvalue weighted by Gasteiger charge is 2.28. The van der Waals surface area contributed by atoms with Crippen LogP contribution >= 0.6 is 0 Å². The van der Waals surface area contributed by atoms with E-state index in [1.54, 1.807) is 17.9 Å². The average Bonchev–Trinajstić information content (AvgIpc) is 3.08. The Morgan fingerprint density at radius 2 is 2.00 bits per heavy atom. The Morgan fingerprint density at radius 3 is 2.60 bits per heavy atom. The largest absolute Gasteiger partial charge is 0.472 e. The van der Waals surface area contributed by atoms with Crippen molar-refractivity contribution in [3.05, 3.63) is 53.7 Å². The number of hydrogen-bond donors (Lipinski definition) is 1. The quantitative estimate of drug-likeness (QED) is 0.901. The highest BCUT2D eigenvalue weighted by Crippen LogP contribution is 2.20. The van der Waals surface area contributed by atoms with Gasteiger partial charge in [0.05, 0.1) is 16.7 Å². The minimum absolute atomic E-state index is 0.0748. The zero-order valence-electron chi connectivity index (χ0n) is 13.7. The number of piperidine rings is 1. The number of sulfonamides is 1. The molecule has 1 saturated heterocycles. The third-order valence-electron chi connectivity index (χ3n) is 4.30. The predicted octanol–water partition coefficient (Wildman–Crippen LogP) is 2.31. The van der Waals surface area contributed by atoms with Crippen molar-refractivity contribution in [1.82, 2.24) is 9.62 Å². The number of aryl methyl sites for hydroxylation is 1. The number of likely N-dealkylation sites (tertiary alicyclic amines) is 1. The van der Waals surface area contributed by atoms with Crippen LogP contribution in [0, 0.1) is 12.7 Å². The first-order valence-electron chi connectivity index (χ1n) is 7.97. The summed E-state index contributed by atoms with van der Waals surface area (Å²) in [6.07, 6.45) is 3.87. The molecule has 1 fully saturated rings. The summed E-state index contributed by atoms with van der Waals surface area (Å²) in [5.74, 6) is -0.591. The molecule has 0 aliphatic carbocycles. The smallest absolute Gasteiger partial charge is 0.257 e. The summed E-state index contributed by atoms with van der Waals surface area (Å²) in [6, 6.07) is 4.94. The average molecular weight is 366 g/mol. The number of rotatable bonds is 4. The third-order valence-corrected chi connectivity index (χ3v) is 5.98. The van der Waals surface area contributed by atoms with Crippen LogP contribution in [0.25, 0.3) is 0 Å². The minimum atomic E-state index is -3.72. The van der Waals surface area contributed by atoms with Crippen LogP contribution in [0.3, 0.4) is 0 Å². The molecule has 0 atom stereocenters. The fourth-order valence-electron chi connectivity index (χ4n) is 2.97. The Bertz CT molecular complexity index is 857. The number of nitrogens with one attached hydrogen (secondary N) is 1. The second-order valence-corrected chi connectivity index (χ2v) is 7.79. The van der Waals surface area contributed by atoms with Crippen LogP contribution in [0.2, 0.25) is 0 Å². The maximum absolute atomic E-state index is 13.2. The molecule has 1 aliphatic heterocycles. The van der Waals surface area contributed by atoms with Gasteiger partial charge in [0.1, 0.15) is 12.1 Å². The van der Waals surface area contributed by atoms with Gasteiger partial charge >= 0.3 is 0 Å². The van der Waals surface area contributed by atoms with Gasteiger partial charge in [-0.3, -0.25) is 4.79 Å². The Labute approximate surface area is 145 Å². The van der Waals surface area contributed by atoms with Crippen LogP contribution in [-0.2, 0) is 10.0 Å². The number of amides is 1. The predicted molar refractivity (Wildman–Crippen MR) is 89.1 cm³/mol. The Morgan fingerprint density at radius 1 is 1.28 bits per heavy atom. The van der Waals surface area contributed by atoms with Crippen LogP contribution < -0.4 is 4.72 Å². The van der Waals surface area contributed by atoms with E-state index in [1.807, 2.05) is 0 Å². The Kier molecular flexibility index (Phi) is 4.91. The molecule has 1 aliphatic rings. The molecular weight excluding hydrogens is 347 g/mol. The van der Waals surface area contributed by atoms with Crippen molar-refractivity contribution >= 4 is 15.9 Å². The lowest BCUT2D eigenvalue weighted by molar-refractivity contribution is 0.0710. The molecule has 0 saturated carbocycles. The lowest BCUT2D eigenvalue weighted by atomic mass is 10.1. The van der Waals surface area contributed by atoms with Crippen molar-refractivity contribution in [3.63, 3.8) is 0 Å². The number of carbonyl (C=O) groups is 1. The van der Waals surface area contributed by atoms with Gasteiger partial charge < -0.3 is 9.32 Å². The van der Waals surface area contributed by atoms with Gasteiger partial charge in [-0.2, -0.15) is 0 Å². The van der Waals surface area contributed by atoms with Crippen molar-refractivity contribution < 1.29 is 22.0 Å². The fraction of sp³-hybridized carbons (Fsp3) is 0.353. The molecule has 3 rings (SSSR count). The van der Waals surface area contributed by atoms with Gasteiger partial charge in [-0.05, 0) is 49.6 Å². The van der Waals surface area contributed by atoms with Gasteiger partial charge in [-0.25, -0.2) is 17.5 Å². The van der Waals surface area contributed by atoms with E-state index < -0.39 is 15.8 Å². The SMILES string of the molecule is Cc1cc(F)ccc1S(=O)(=O)NC1CCN(C(=O)c2ccoc2)CC1. The van der Waals surface area contributed by atoms with Gasteiger partial charge in [-0.15, -0.1) is 0 Å². The number of benzene rings is 1. The van der Waals surface area contributed by atoms with Gasteiger partial charge in [0, 0.05) is 19.1 Å². The highest BCUT2D eigenvalue weighted by molar-refractivity contribution is 7.89. The summed E-state index contributed by atoms with van der Waals surface area (Å²) >= 11 is 0. The van der Waals surface area contributed by atoms with Crippen molar-refractivity contribution in [2.75, 3.05) is 13.1 Å². The summed E-state index contributed by atoms with van der Waals surface area (Å²) in [5, 5.41) is 0. The van der Waals surface area contributed by atoms with E-state index in [0.29, 0.717) is 37.1 Å². The summed E-state index contributed by atoms with van der Waals surface area (Å²) in [4.78, 5) is 14.0. The van der Waals surface area contributed by atoms with Gasteiger partial charge in [0.25, 0.3) is 5.91 Å². The summed E-state index contributed by atoms with van der Waals surface area (Å²) in [5.41, 5.74) is 0.848. The van der Waals surface area contributed by atoms with Crippen molar-refractivity contribution in [1.29, 1.82) is 0 Å². The van der Waals surface area contributed by atoms with Gasteiger partial charge in [0.15, 0.2) is 0 Å². The number of carbonyl (C=O) groups excluding carboxylic acids is 1. The van der Waals surface area contributed by atoms with Crippen LogP contribution in [0.4, 0.5) is 4.39 Å². The molecule has 2 heterocycles. The van der Waals surface area contributed by atoms with Crippen LogP contribution in [0.1, 0.15) is 28.8 Å². The number of hydrogen-bond acceptors (Lipinski definition) is 4. The Balaban J connectivity index is 1.62. The molecule has 0 spiro atoms. The van der Waals surface area contributed by atoms with Crippen molar-refractivity contribution in [3.8, 4) is 0 Å². The molecule has 1 aromatic heterocycles. The third kappa shape index (κ3) is 3.91. The van der Waals surface area contributed by atoms with E-state index in [9.17, 15) is 17.6 Å². The molecule has 2 aromatic rings. The zero-order chi connectivity index (χ0) is 18.0. The summed E-state index contributed by atoms with van der Waals surface area (Å²) in [6.45, 7) is 2.48. The lowest BCUT2D eigenvalue weighted by Crippen LogP contribution is -2.46. The molecule has 0 radical (unpaired) electrons. The zero-order valence-corrected chi connectivity index (χ0v) is 14.6. The maximum Gasteiger partial charge on any atom is 0.257 e. The molecule has 25 heavy (non-hydrogen) atoms. The monoisotopic (exact) mass is 366 g/mol. The summed E-state index contributed by atoms with van der Waals surface area (Å²) in [7, 11) is -3.72. The van der Waals surface area contributed by atoms with E-state index in [2.05, 4.69) is 4.72 Å². The number of furan rings is 1.